The molecule has 14 nitrogen and oxygen atoms in total. The van der Waals surface area contributed by atoms with Crippen LogP contribution in [0.3, 0.4) is 0 Å². The third kappa shape index (κ3) is 38.7. The minimum absolute atomic E-state index is 0.233. The molecule has 0 bridgehead atoms. The fourth-order valence-electron chi connectivity index (χ4n) is 9.57. The zero-order valence-corrected chi connectivity index (χ0v) is 52.0. The first-order chi connectivity index (χ1) is 41.6. The van der Waals surface area contributed by atoms with E-state index in [1.807, 2.05) is 6.08 Å². The largest absolute Gasteiger partial charge is 0.394 e. The Morgan fingerprint density at radius 3 is 1.29 bits per heavy atom. The van der Waals surface area contributed by atoms with Crippen molar-refractivity contribution < 1.29 is 64.6 Å². The normalized spacial score (nSPS) is 24.5. The van der Waals surface area contributed by atoms with E-state index in [1.165, 1.54) is 64.2 Å². The zero-order valence-electron chi connectivity index (χ0n) is 52.0. The molecule has 0 aromatic carbocycles. The summed E-state index contributed by atoms with van der Waals surface area (Å²) in [5.74, 6) is -0.280. The van der Waals surface area contributed by atoms with Crippen LogP contribution in [0.25, 0.3) is 0 Å². The van der Waals surface area contributed by atoms with Gasteiger partial charge in [-0.25, -0.2) is 0 Å². The summed E-state index contributed by atoms with van der Waals surface area (Å²) in [7, 11) is 0. The van der Waals surface area contributed by atoms with Crippen molar-refractivity contribution in [2.75, 3.05) is 19.8 Å². The maximum atomic E-state index is 13.3. The molecule has 2 rings (SSSR count). The van der Waals surface area contributed by atoms with Crippen LogP contribution in [0.4, 0.5) is 0 Å². The van der Waals surface area contributed by atoms with Gasteiger partial charge in [-0.2, -0.15) is 0 Å². The summed E-state index contributed by atoms with van der Waals surface area (Å²) in [4.78, 5) is 13.3. The first-order valence-electron chi connectivity index (χ1n) is 32.6. The van der Waals surface area contributed by atoms with Crippen LogP contribution in [0.2, 0.25) is 0 Å². The lowest BCUT2D eigenvalue weighted by Gasteiger charge is -2.46. The van der Waals surface area contributed by atoms with Gasteiger partial charge in [0.15, 0.2) is 12.6 Å². The predicted molar refractivity (Wildman–Crippen MR) is 345 cm³/mol. The molecular formula is C71H115NO13. The molecule has 0 saturated carbocycles. The van der Waals surface area contributed by atoms with E-state index in [9.17, 15) is 45.6 Å². The van der Waals surface area contributed by atoms with E-state index < -0.39 is 86.8 Å². The quantitative estimate of drug-likeness (QED) is 0.0204. The fourth-order valence-corrected chi connectivity index (χ4v) is 9.57. The van der Waals surface area contributed by atoms with E-state index in [2.05, 4.69) is 153 Å². The number of carbonyl (C=O) groups is 1. The second-order valence-electron chi connectivity index (χ2n) is 22.1. The Kier molecular flexibility index (Phi) is 48.9. The van der Waals surface area contributed by atoms with Crippen LogP contribution in [0, 0.1) is 0 Å². The van der Waals surface area contributed by atoms with E-state index in [0.717, 1.165) is 103 Å². The summed E-state index contributed by atoms with van der Waals surface area (Å²) in [5.41, 5.74) is 0. The molecule has 12 unspecified atom stereocenters. The molecule has 0 radical (unpaired) electrons. The molecule has 1 amide bonds. The Morgan fingerprint density at radius 2 is 0.824 bits per heavy atom. The Labute approximate surface area is 513 Å². The second kappa shape index (κ2) is 54.1. The van der Waals surface area contributed by atoms with Crippen LogP contribution in [0.15, 0.2) is 146 Å². The molecule has 0 aromatic heterocycles. The van der Waals surface area contributed by atoms with Crippen molar-refractivity contribution in [3.63, 3.8) is 0 Å². The monoisotopic (exact) mass is 1190 g/mol. The zero-order chi connectivity index (χ0) is 61.6. The van der Waals surface area contributed by atoms with Gasteiger partial charge in [0.05, 0.1) is 32.0 Å². The molecule has 482 valence electrons. The molecule has 0 spiro atoms. The van der Waals surface area contributed by atoms with E-state index in [4.69, 9.17) is 18.9 Å². The van der Waals surface area contributed by atoms with Gasteiger partial charge in [0.1, 0.15) is 48.8 Å². The lowest BCUT2D eigenvalue weighted by atomic mass is 9.97. The minimum Gasteiger partial charge on any atom is -0.394 e. The number of allylic oxidation sites excluding steroid dienone is 23. The second-order valence-corrected chi connectivity index (χ2v) is 22.1. The summed E-state index contributed by atoms with van der Waals surface area (Å²) in [6, 6.07) is -0.957. The number of unbranched alkanes of at least 4 members (excludes halogenated alkanes) is 15. The van der Waals surface area contributed by atoms with Crippen molar-refractivity contribution in [1.29, 1.82) is 0 Å². The minimum atomic E-state index is -1.80. The Hall–Kier alpha value is -4.13. The highest BCUT2D eigenvalue weighted by Crippen LogP contribution is 2.30. The van der Waals surface area contributed by atoms with E-state index in [1.54, 1.807) is 6.08 Å². The molecule has 2 fully saturated rings. The number of rotatable bonds is 50. The number of aliphatic hydroxyl groups is 8. The van der Waals surface area contributed by atoms with Crippen molar-refractivity contribution in [3.8, 4) is 0 Å². The molecule has 0 aromatic rings. The smallest absolute Gasteiger partial charge is 0.220 e. The molecule has 2 aliphatic rings. The molecule has 14 heteroatoms. The molecule has 12 atom stereocenters. The standard InChI is InChI=1S/C71H115NO13/c1-3-5-7-9-11-13-15-17-19-21-22-23-24-25-26-27-28-29-30-31-32-33-34-35-36-37-38-39-41-43-45-47-49-51-53-55-63(76)72-59(60(75)54-52-50-48-46-44-42-40-20-18-16-14-12-10-8-6-4-2)58-82-70-68(81)66(79)69(62(57-74)84-70)85-71-67(80)65(78)64(77)61(56-73)83-71/h5,7,11,13,17,19,22-23,25-26,28-29,31-32,34-35,37-38,41,43-44,46,52,54,59-62,64-71,73-75,77-81H,3-4,6,8-10,12,14-16,18,20-21,24,27,30,33,36,39-40,42,45,47-51,53,55-58H2,1-2H3,(H,72,76)/b7-5-,13-11-,19-17-,23-22-,26-25-,29-28-,32-31-,35-34-,38-37-,43-41-,46-44+,54-52+. The molecule has 2 saturated heterocycles. The van der Waals surface area contributed by atoms with Crippen molar-refractivity contribution in [2.24, 2.45) is 0 Å². The van der Waals surface area contributed by atoms with Crippen LogP contribution >= 0.6 is 0 Å². The van der Waals surface area contributed by atoms with Gasteiger partial charge in [-0.15, -0.1) is 0 Å². The average molecular weight is 1190 g/mol. The molecule has 85 heavy (non-hydrogen) atoms. The third-order valence-corrected chi connectivity index (χ3v) is 14.8. The summed E-state index contributed by atoms with van der Waals surface area (Å²) in [6.07, 6.45) is 64.6. The van der Waals surface area contributed by atoms with Crippen molar-refractivity contribution in [1.82, 2.24) is 5.32 Å². The van der Waals surface area contributed by atoms with Gasteiger partial charge < -0.3 is 65.1 Å². The number of hydrogen-bond donors (Lipinski definition) is 9. The van der Waals surface area contributed by atoms with Crippen LogP contribution in [0.5, 0.6) is 0 Å². The highest BCUT2D eigenvalue weighted by atomic mass is 16.7. The van der Waals surface area contributed by atoms with Gasteiger partial charge in [-0.05, 0) is 109 Å². The first-order valence-corrected chi connectivity index (χ1v) is 32.6. The van der Waals surface area contributed by atoms with Gasteiger partial charge >= 0.3 is 0 Å². The van der Waals surface area contributed by atoms with Gasteiger partial charge in [0.2, 0.25) is 5.91 Å². The van der Waals surface area contributed by atoms with Crippen LogP contribution in [0.1, 0.15) is 200 Å². The first kappa shape index (κ1) is 77.0. The van der Waals surface area contributed by atoms with Gasteiger partial charge in [0, 0.05) is 6.42 Å². The molecular weight excluding hydrogens is 1070 g/mol. The SMILES string of the molecule is CC/C=C\C/C=C\C/C=C\C/C=C\C/C=C\C/C=C\C/C=C\C/C=C\C/C=C\C/C=C\CCCCCCC(=O)NC(COC1OC(CO)C(OC2OC(CO)C(O)C(O)C2O)C(O)C1O)C(O)/C=C/CC/C=C/CCCCCCCCCCCC. The highest BCUT2D eigenvalue weighted by molar-refractivity contribution is 5.76. The van der Waals surface area contributed by atoms with Gasteiger partial charge in [-0.3, -0.25) is 4.79 Å². The maximum Gasteiger partial charge on any atom is 0.220 e. The number of carbonyl (C=O) groups excluding carboxylic acids is 1. The molecule has 2 heterocycles. The van der Waals surface area contributed by atoms with Gasteiger partial charge in [-0.1, -0.05) is 230 Å². The van der Waals surface area contributed by atoms with E-state index in [-0.39, 0.29) is 18.9 Å². The summed E-state index contributed by atoms with van der Waals surface area (Å²) >= 11 is 0. The maximum absolute atomic E-state index is 13.3. The number of nitrogens with one attached hydrogen (secondary N) is 1. The van der Waals surface area contributed by atoms with Crippen LogP contribution in [-0.4, -0.2) is 140 Å². The highest BCUT2D eigenvalue weighted by Gasteiger charge is 2.51. The Morgan fingerprint density at radius 1 is 0.435 bits per heavy atom. The van der Waals surface area contributed by atoms with Crippen LogP contribution < -0.4 is 5.32 Å². The summed E-state index contributed by atoms with van der Waals surface area (Å²) < 4.78 is 22.8. The number of hydrogen-bond acceptors (Lipinski definition) is 13. The van der Waals surface area contributed by atoms with E-state index in [0.29, 0.717) is 12.8 Å². The van der Waals surface area contributed by atoms with Crippen molar-refractivity contribution in [3.05, 3.63) is 146 Å². The van der Waals surface area contributed by atoms with Gasteiger partial charge in [0.25, 0.3) is 0 Å². The molecule has 0 aliphatic carbocycles. The Balaban J connectivity index is 1.72. The third-order valence-electron chi connectivity index (χ3n) is 14.8. The number of amides is 1. The molecule has 9 N–H and O–H groups in total. The Bertz CT molecular complexity index is 1980. The fraction of sp³-hybridized carbons (Fsp3) is 0.648. The van der Waals surface area contributed by atoms with Crippen LogP contribution in [-0.2, 0) is 23.7 Å². The lowest BCUT2D eigenvalue weighted by Crippen LogP contribution is -2.65. The summed E-state index contributed by atoms with van der Waals surface area (Å²) in [6.45, 7) is 2.62. The van der Waals surface area contributed by atoms with Crippen molar-refractivity contribution >= 4 is 5.91 Å². The lowest BCUT2D eigenvalue weighted by molar-refractivity contribution is -0.359. The molecule has 2 aliphatic heterocycles. The number of aliphatic hydroxyl groups excluding tert-OH is 8. The number of ether oxygens (including phenoxy) is 4. The van der Waals surface area contributed by atoms with Crippen molar-refractivity contribution in [2.45, 2.75) is 274 Å². The predicted octanol–water partition coefficient (Wildman–Crippen LogP) is 12.5. The average Bonchev–Trinajstić information content (AvgIpc) is 3.70. The van der Waals surface area contributed by atoms with E-state index >= 15 is 0 Å². The summed E-state index contributed by atoms with van der Waals surface area (Å²) in [5, 5.41) is 87.1. The topological polar surface area (TPSA) is 228 Å².